The van der Waals surface area contributed by atoms with E-state index in [2.05, 4.69) is 26.5 Å². The molecule has 0 fully saturated rings. The predicted molar refractivity (Wildman–Crippen MR) is 138 cm³/mol. The van der Waals surface area contributed by atoms with Gasteiger partial charge in [-0.25, -0.2) is 5.43 Å². The van der Waals surface area contributed by atoms with E-state index in [1.54, 1.807) is 49.6 Å². The number of rotatable bonds is 8. The van der Waals surface area contributed by atoms with Crippen LogP contribution in [0.4, 0.5) is 0 Å². The summed E-state index contributed by atoms with van der Waals surface area (Å²) in [7, 11) is 1.54. The van der Waals surface area contributed by atoms with Crippen molar-refractivity contribution in [3.05, 3.63) is 96.9 Å². The molecule has 0 unspecified atom stereocenters. The molecule has 0 saturated carbocycles. The molecule has 0 bridgehead atoms. The Hall–Kier alpha value is -2.51. The maximum absolute atomic E-state index is 12.0. The van der Waals surface area contributed by atoms with Crippen LogP contribution in [0.25, 0.3) is 6.08 Å². The molecule has 0 saturated heterocycles. The highest BCUT2D eigenvalue weighted by Crippen LogP contribution is 2.37. The monoisotopic (exact) mass is 566 g/mol. The summed E-state index contributed by atoms with van der Waals surface area (Å²) in [6.07, 6.45) is 4.40. The number of carbonyl (C=O) groups is 1. The number of amides is 1. The Kier molecular flexibility index (Phi) is 9.21. The van der Waals surface area contributed by atoms with Gasteiger partial charge in [0.25, 0.3) is 5.91 Å². The van der Waals surface area contributed by atoms with Crippen LogP contribution in [0.3, 0.4) is 0 Å². The third kappa shape index (κ3) is 7.24. The van der Waals surface area contributed by atoms with Gasteiger partial charge >= 0.3 is 0 Å². The van der Waals surface area contributed by atoms with Gasteiger partial charge in [0, 0.05) is 26.7 Å². The van der Waals surface area contributed by atoms with Gasteiger partial charge in [0.15, 0.2) is 11.5 Å². The minimum absolute atomic E-state index is 0.280. The molecule has 3 aromatic carbocycles. The number of nitrogens with zero attached hydrogens (tertiary/aromatic N) is 1. The second-order valence-corrected chi connectivity index (χ2v) is 8.75. The summed E-state index contributed by atoms with van der Waals surface area (Å²) < 4.78 is 12.0. The van der Waals surface area contributed by atoms with Crippen molar-refractivity contribution in [2.24, 2.45) is 5.10 Å². The molecular formula is C24H18BrCl3N2O3. The van der Waals surface area contributed by atoms with Crippen LogP contribution in [0.1, 0.15) is 16.7 Å². The van der Waals surface area contributed by atoms with E-state index in [0.717, 1.165) is 5.56 Å². The van der Waals surface area contributed by atoms with E-state index >= 15 is 0 Å². The number of methoxy groups -OCH3 is 1. The van der Waals surface area contributed by atoms with E-state index in [1.165, 1.54) is 12.3 Å². The number of hydrogen-bond donors (Lipinski definition) is 1. The van der Waals surface area contributed by atoms with E-state index in [4.69, 9.17) is 44.3 Å². The quantitative estimate of drug-likeness (QED) is 0.178. The van der Waals surface area contributed by atoms with Gasteiger partial charge in [-0.15, -0.1) is 0 Å². The smallest absolute Gasteiger partial charge is 0.264 e. The van der Waals surface area contributed by atoms with Gasteiger partial charge in [-0.1, -0.05) is 59.1 Å². The number of hydrazone groups is 1. The number of nitrogens with one attached hydrogen (secondary N) is 1. The van der Waals surface area contributed by atoms with Gasteiger partial charge in [0.05, 0.1) is 17.8 Å². The van der Waals surface area contributed by atoms with Gasteiger partial charge in [-0.05, 0) is 63.5 Å². The van der Waals surface area contributed by atoms with Crippen LogP contribution in [0.5, 0.6) is 11.5 Å². The molecule has 0 aliphatic rings. The van der Waals surface area contributed by atoms with Gasteiger partial charge in [0.1, 0.15) is 6.61 Å². The fourth-order valence-electron chi connectivity index (χ4n) is 2.73. The predicted octanol–water partition coefficient (Wildman–Crippen LogP) is 7.16. The Morgan fingerprint density at radius 2 is 1.88 bits per heavy atom. The van der Waals surface area contributed by atoms with Crippen LogP contribution in [0.15, 0.2) is 70.2 Å². The first-order chi connectivity index (χ1) is 15.9. The first kappa shape index (κ1) is 25.1. The average molecular weight is 569 g/mol. The second kappa shape index (κ2) is 12.1. The number of carbonyl (C=O) groups excluding carboxylic acids is 1. The summed E-state index contributed by atoms with van der Waals surface area (Å²) in [4.78, 5) is 12.0. The number of hydrogen-bond acceptors (Lipinski definition) is 4. The van der Waals surface area contributed by atoms with Gasteiger partial charge in [0.2, 0.25) is 0 Å². The van der Waals surface area contributed by atoms with Crippen LogP contribution < -0.4 is 14.9 Å². The van der Waals surface area contributed by atoms with Crippen molar-refractivity contribution in [2.45, 2.75) is 6.61 Å². The van der Waals surface area contributed by atoms with Gasteiger partial charge in [-0.3, -0.25) is 4.79 Å². The fourth-order valence-corrected chi connectivity index (χ4v) is 3.97. The second-order valence-electron chi connectivity index (χ2n) is 6.65. The Bertz CT molecular complexity index is 1220. The number of halogens is 4. The summed E-state index contributed by atoms with van der Waals surface area (Å²) in [5.74, 6) is 0.617. The molecule has 1 amide bonds. The first-order valence-electron chi connectivity index (χ1n) is 9.57. The van der Waals surface area contributed by atoms with E-state index in [9.17, 15) is 4.79 Å². The highest BCUT2D eigenvalue weighted by atomic mass is 79.9. The van der Waals surface area contributed by atoms with Crippen molar-refractivity contribution in [3.63, 3.8) is 0 Å². The standard InChI is InChI=1S/C24H18BrCl3N2O3/c1-32-22-11-15(10-19(25)24(22)33-14-17-4-2-3-5-20(17)27)13-29-30-23(31)9-7-16-6-8-18(26)12-21(16)28/h2-13H,14H2,1H3,(H,30,31)/b9-7+,29-13-. The molecule has 0 aromatic heterocycles. The summed E-state index contributed by atoms with van der Waals surface area (Å²) in [5.41, 5.74) is 4.64. The average Bonchev–Trinajstić information content (AvgIpc) is 2.78. The molecule has 5 nitrogen and oxygen atoms in total. The zero-order chi connectivity index (χ0) is 23.8. The van der Waals surface area contributed by atoms with Gasteiger partial charge in [-0.2, -0.15) is 5.10 Å². The molecule has 0 spiro atoms. The van der Waals surface area contributed by atoms with Crippen molar-refractivity contribution < 1.29 is 14.3 Å². The zero-order valence-corrected chi connectivity index (χ0v) is 21.2. The molecule has 33 heavy (non-hydrogen) atoms. The van der Waals surface area contributed by atoms with E-state index in [-0.39, 0.29) is 6.61 Å². The lowest BCUT2D eigenvalue weighted by atomic mass is 10.2. The van der Waals surface area contributed by atoms with Gasteiger partial charge < -0.3 is 9.47 Å². The van der Waals surface area contributed by atoms with Crippen LogP contribution in [-0.4, -0.2) is 19.2 Å². The lowest BCUT2D eigenvalue weighted by Gasteiger charge is -2.14. The Morgan fingerprint density at radius 1 is 1.09 bits per heavy atom. The molecule has 0 atom stereocenters. The van der Waals surface area contributed by atoms with Crippen molar-refractivity contribution in [1.29, 1.82) is 0 Å². The normalized spacial score (nSPS) is 11.2. The molecule has 170 valence electrons. The SMILES string of the molecule is COc1cc(/C=N\NC(=O)/C=C/c2ccc(Cl)cc2Cl)cc(Br)c1OCc1ccccc1Cl. The highest BCUT2D eigenvalue weighted by molar-refractivity contribution is 9.10. The summed E-state index contributed by atoms with van der Waals surface area (Å²) in [5, 5.41) is 5.57. The molecule has 1 N–H and O–H groups in total. The van der Waals surface area contributed by atoms with Crippen molar-refractivity contribution >= 4 is 68.9 Å². The van der Waals surface area contributed by atoms with E-state index < -0.39 is 5.91 Å². The largest absolute Gasteiger partial charge is 0.493 e. The molecule has 0 heterocycles. The maximum Gasteiger partial charge on any atom is 0.264 e. The summed E-state index contributed by atoms with van der Waals surface area (Å²) in [6, 6.07) is 16.0. The molecular weight excluding hydrogens is 551 g/mol. The number of benzene rings is 3. The lowest BCUT2D eigenvalue weighted by molar-refractivity contribution is -0.116. The fraction of sp³-hybridized carbons (Fsp3) is 0.0833. The van der Waals surface area contributed by atoms with Crippen LogP contribution >= 0.6 is 50.7 Å². The van der Waals surface area contributed by atoms with Crippen molar-refractivity contribution in [3.8, 4) is 11.5 Å². The lowest BCUT2D eigenvalue weighted by Crippen LogP contribution is -2.14. The summed E-state index contributed by atoms with van der Waals surface area (Å²) in [6.45, 7) is 0.280. The Morgan fingerprint density at radius 3 is 2.61 bits per heavy atom. The summed E-state index contributed by atoms with van der Waals surface area (Å²) >= 11 is 21.6. The van der Waals surface area contributed by atoms with Crippen LogP contribution in [0.2, 0.25) is 15.1 Å². The van der Waals surface area contributed by atoms with Crippen LogP contribution in [0, 0.1) is 0 Å². The number of ether oxygens (including phenoxy) is 2. The van der Waals surface area contributed by atoms with Crippen LogP contribution in [-0.2, 0) is 11.4 Å². The maximum atomic E-state index is 12.0. The first-order valence-corrected chi connectivity index (χ1v) is 11.5. The third-order valence-electron chi connectivity index (χ3n) is 4.35. The van der Waals surface area contributed by atoms with E-state index in [1.807, 2.05) is 18.2 Å². The topological polar surface area (TPSA) is 59.9 Å². The minimum atomic E-state index is -0.414. The highest BCUT2D eigenvalue weighted by Gasteiger charge is 2.12. The molecule has 3 aromatic rings. The third-order valence-corrected chi connectivity index (χ3v) is 5.87. The molecule has 9 heteroatoms. The Balaban J connectivity index is 1.64. The van der Waals surface area contributed by atoms with Crippen molar-refractivity contribution in [2.75, 3.05) is 7.11 Å². The van der Waals surface area contributed by atoms with E-state index in [0.29, 0.717) is 42.2 Å². The molecule has 0 radical (unpaired) electrons. The minimum Gasteiger partial charge on any atom is -0.493 e. The molecule has 0 aliphatic carbocycles. The molecule has 3 rings (SSSR count). The van der Waals surface area contributed by atoms with Crippen molar-refractivity contribution in [1.82, 2.24) is 5.43 Å². The zero-order valence-electron chi connectivity index (χ0n) is 17.3. The molecule has 0 aliphatic heterocycles. The Labute approximate surface area is 215 Å².